The molecule has 0 bridgehead atoms. The average molecular weight is 302 g/mol. The molecule has 5 heteroatoms. The molecule has 1 aromatic rings. The Balaban J connectivity index is 2.21. The lowest BCUT2D eigenvalue weighted by Gasteiger charge is -2.32. The molecule has 1 aliphatic rings. The van der Waals surface area contributed by atoms with E-state index in [2.05, 4.69) is 28.9 Å². The van der Waals surface area contributed by atoms with Crippen molar-refractivity contribution in [1.82, 2.24) is 10.2 Å². The van der Waals surface area contributed by atoms with Gasteiger partial charge in [0.1, 0.15) is 0 Å². The topological polar surface area (TPSA) is 29.0 Å². The van der Waals surface area contributed by atoms with Gasteiger partial charge in [-0.05, 0) is 25.2 Å². The van der Waals surface area contributed by atoms with Crippen LogP contribution in [0.2, 0.25) is 10.3 Å². The Bertz CT molecular complexity index is 417. The zero-order chi connectivity index (χ0) is 13.8. The standard InChI is InChI=1S/C14H21Cl2N3/c1-10(2)7-8-19(11-5-3-4-6-11)12-9-13(15)17-18-14(12)16/h9-11H,3-8H2,1-2H3. The number of nitrogens with zero attached hydrogens (tertiary/aromatic N) is 3. The smallest absolute Gasteiger partial charge is 0.175 e. The van der Waals surface area contributed by atoms with E-state index in [9.17, 15) is 0 Å². The van der Waals surface area contributed by atoms with Gasteiger partial charge >= 0.3 is 0 Å². The van der Waals surface area contributed by atoms with E-state index in [4.69, 9.17) is 23.2 Å². The number of rotatable bonds is 5. The van der Waals surface area contributed by atoms with Crippen LogP contribution in [0.25, 0.3) is 0 Å². The van der Waals surface area contributed by atoms with Crippen molar-refractivity contribution in [1.29, 1.82) is 0 Å². The van der Waals surface area contributed by atoms with E-state index in [-0.39, 0.29) is 0 Å². The van der Waals surface area contributed by atoms with Crippen LogP contribution < -0.4 is 4.90 Å². The average Bonchev–Trinajstić information content (AvgIpc) is 2.87. The lowest BCUT2D eigenvalue weighted by Crippen LogP contribution is -2.35. The molecule has 1 saturated carbocycles. The summed E-state index contributed by atoms with van der Waals surface area (Å²) in [7, 11) is 0. The fourth-order valence-corrected chi connectivity index (χ4v) is 3.00. The van der Waals surface area contributed by atoms with Gasteiger partial charge in [-0.25, -0.2) is 0 Å². The van der Waals surface area contributed by atoms with E-state index in [0.717, 1.165) is 18.7 Å². The lowest BCUT2D eigenvalue weighted by molar-refractivity contribution is 0.528. The molecule has 0 aromatic carbocycles. The Kier molecular flexibility index (Phi) is 5.28. The minimum atomic E-state index is 0.409. The van der Waals surface area contributed by atoms with Crippen molar-refractivity contribution in [2.45, 2.75) is 52.0 Å². The third-order valence-electron chi connectivity index (χ3n) is 3.72. The largest absolute Gasteiger partial charge is 0.366 e. The summed E-state index contributed by atoms with van der Waals surface area (Å²) < 4.78 is 0. The Hall–Kier alpha value is -0.540. The Morgan fingerprint density at radius 1 is 1.26 bits per heavy atom. The Morgan fingerprint density at radius 3 is 2.58 bits per heavy atom. The fourth-order valence-electron chi connectivity index (χ4n) is 2.66. The van der Waals surface area contributed by atoms with Crippen molar-refractivity contribution in [3.63, 3.8) is 0 Å². The van der Waals surface area contributed by atoms with Crippen molar-refractivity contribution in [2.24, 2.45) is 5.92 Å². The Morgan fingerprint density at radius 2 is 1.95 bits per heavy atom. The molecule has 1 aliphatic carbocycles. The van der Waals surface area contributed by atoms with Crippen molar-refractivity contribution in [3.8, 4) is 0 Å². The van der Waals surface area contributed by atoms with Crippen molar-refractivity contribution < 1.29 is 0 Å². The molecular weight excluding hydrogens is 281 g/mol. The SMILES string of the molecule is CC(C)CCN(c1cc(Cl)nnc1Cl)C1CCCC1. The molecule has 3 nitrogen and oxygen atoms in total. The molecule has 0 atom stereocenters. The van der Waals surface area contributed by atoms with E-state index in [1.165, 1.54) is 25.7 Å². The fraction of sp³-hybridized carbons (Fsp3) is 0.714. The third-order valence-corrected chi connectivity index (χ3v) is 4.18. The monoisotopic (exact) mass is 301 g/mol. The van der Waals surface area contributed by atoms with Crippen LogP contribution in [-0.2, 0) is 0 Å². The van der Waals surface area contributed by atoms with Crippen LogP contribution in [0.15, 0.2) is 6.07 Å². The van der Waals surface area contributed by atoms with E-state index >= 15 is 0 Å². The molecular formula is C14H21Cl2N3. The van der Waals surface area contributed by atoms with Gasteiger partial charge in [0.2, 0.25) is 0 Å². The first-order valence-corrected chi connectivity index (χ1v) is 7.79. The molecule has 0 amide bonds. The first kappa shape index (κ1) is 14.9. The van der Waals surface area contributed by atoms with Gasteiger partial charge in [-0.2, -0.15) is 0 Å². The number of hydrogen-bond donors (Lipinski definition) is 0. The molecule has 2 rings (SSSR count). The summed E-state index contributed by atoms with van der Waals surface area (Å²) in [4.78, 5) is 2.38. The van der Waals surface area contributed by atoms with Crippen molar-refractivity contribution >= 4 is 28.9 Å². The summed E-state index contributed by atoms with van der Waals surface area (Å²) >= 11 is 12.2. The number of hydrogen-bond acceptors (Lipinski definition) is 3. The van der Waals surface area contributed by atoms with Crippen molar-refractivity contribution in [3.05, 3.63) is 16.4 Å². The van der Waals surface area contributed by atoms with Gasteiger partial charge in [0.15, 0.2) is 10.3 Å². The second-order valence-electron chi connectivity index (χ2n) is 5.66. The van der Waals surface area contributed by atoms with Gasteiger partial charge in [0.25, 0.3) is 0 Å². The number of halogens is 2. The summed E-state index contributed by atoms with van der Waals surface area (Å²) in [5, 5.41) is 8.61. The van der Waals surface area contributed by atoms with Crippen LogP contribution in [0.3, 0.4) is 0 Å². The molecule has 0 radical (unpaired) electrons. The Labute approximate surface area is 125 Å². The van der Waals surface area contributed by atoms with E-state index in [0.29, 0.717) is 22.3 Å². The zero-order valence-corrected chi connectivity index (χ0v) is 13.1. The quantitative estimate of drug-likeness (QED) is 0.797. The van der Waals surface area contributed by atoms with E-state index in [1.807, 2.05) is 6.07 Å². The third kappa shape index (κ3) is 3.96. The van der Waals surface area contributed by atoms with Gasteiger partial charge in [0, 0.05) is 18.7 Å². The van der Waals surface area contributed by atoms with Crippen LogP contribution in [0.4, 0.5) is 5.69 Å². The van der Waals surface area contributed by atoms with Gasteiger partial charge in [0.05, 0.1) is 5.69 Å². The first-order chi connectivity index (χ1) is 9.08. The second-order valence-corrected chi connectivity index (χ2v) is 6.40. The van der Waals surface area contributed by atoms with E-state index in [1.54, 1.807) is 0 Å². The molecule has 0 spiro atoms. The van der Waals surface area contributed by atoms with Gasteiger partial charge < -0.3 is 4.90 Å². The molecule has 106 valence electrons. The molecule has 0 N–H and O–H groups in total. The highest BCUT2D eigenvalue weighted by Gasteiger charge is 2.25. The highest BCUT2D eigenvalue weighted by atomic mass is 35.5. The molecule has 1 heterocycles. The van der Waals surface area contributed by atoms with Crippen LogP contribution in [-0.4, -0.2) is 22.8 Å². The minimum absolute atomic E-state index is 0.409. The highest BCUT2D eigenvalue weighted by Crippen LogP contribution is 2.33. The maximum atomic E-state index is 6.21. The van der Waals surface area contributed by atoms with Gasteiger partial charge in [-0.1, -0.05) is 49.9 Å². The molecule has 19 heavy (non-hydrogen) atoms. The zero-order valence-electron chi connectivity index (χ0n) is 11.6. The predicted octanol–water partition coefficient (Wildman–Crippen LogP) is 4.58. The molecule has 0 saturated heterocycles. The van der Waals surface area contributed by atoms with E-state index < -0.39 is 0 Å². The molecule has 1 aromatic heterocycles. The van der Waals surface area contributed by atoms with Crippen LogP contribution in [0.5, 0.6) is 0 Å². The second kappa shape index (κ2) is 6.76. The van der Waals surface area contributed by atoms with Crippen molar-refractivity contribution in [2.75, 3.05) is 11.4 Å². The summed E-state index contributed by atoms with van der Waals surface area (Å²) in [5.74, 6) is 0.674. The maximum Gasteiger partial charge on any atom is 0.175 e. The number of anilines is 1. The van der Waals surface area contributed by atoms with Crippen LogP contribution in [0, 0.1) is 5.92 Å². The van der Waals surface area contributed by atoms with Gasteiger partial charge in [-0.15, -0.1) is 10.2 Å². The minimum Gasteiger partial charge on any atom is -0.366 e. The summed E-state index contributed by atoms with van der Waals surface area (Å²) in [5.41, 5.74) is 0.939. The summed E-state index contributed by atoms with van der Waals surface area (Å²) in [6.45, 7) is 5.49. The predicted molar refractivity (Wildman–Crippen MR) is 81.1 cm³/mol. The molecule has 1 fully saturated rings. The van der Waals surface area contributed by atoms with Gasteiger partial charge in [-0.3, -0.25) is 0 Å². The maximum absolute atomic E-state index is 6.21. The van der Waals surface area contributed by atoms with Crippen LogP contribution >= 0.6 is 23.2 Å². The summed E-state index contributed by atoms with van der Waals surface area (Å²) in [6.07, 6.45) is 6.20. The molecule has 0 unspecified atom stereocenters. The first-order valence-electron chi connectivity index (χ1n) is 7.03. The normalized spacial score (nSPS) is 16.3. The highest BCUT2D eigenvalue weighted by molar-refractivity contribution is 6.33. The summed E-state index contributed by atoms with van der Waals surface area (Å²) in [6, 6.07) is 2.41. The number of aromatic nitrogens is 2. The van der Waals surface area contributed by atoms with Crippen LogP contribution in [0.1, 0.15) is 46.0 Å². The molecule has 0 aliphatic heterocycles. The lowest BCUT2D eigenvalue weighted by atomic mass is 10.1.